The minimum absolute atomic E-state index is 0.0468. The van der Waals surface area contributed by atoms with Crippen LogP contribution in [0.25, 0.3) is 0 Å². The van der Waals surface area contributed by atoms with Crippen LogP contribution in [0, 0.1) is 0 Å². The molecule has 1 aromatic rings. The molecule has 0 spiro atoms. The zero-order valence-electron chi connectivity index (χ0n) is 8.57. The van der Waals surface area contributed by atoms with Crippen LogP contribution >= 0.6 is 0 Å². The summed E-state index contributed by atoms with van der Waals surface area (Å²) in [6.07, 6.45) is 0.717. The molecule has 0 aromatic heterocycles. The van der Waals surface area contributed by atoms with Crippen LogP contribution < -0.4 is 4.74 Å². The average molecular weight is 194 g/mol. The lowest BCUT2D eigenvalue weighted by molar-refractivity contribution is 0.111. The molecule has 0 aliphatic rings. The van der Waals surface area contributed by atoms with Crippen LogP contribution in [-0.2, 0) is 0 Å². The van der Waals surface area contributed by atoms with Crippen molar-refractivity contribution in [1.82, 2.24) is 0 Å². The third-order valence-corrected chi connectivity index (χ3v) is 1.54. The molecule has 0 bridgehead atoms. The molecule has 1 N–H and O–H groups in total. The van der Waals surface area contributed by atoms with Crippen molar-refractivity contribution >= 4 is 6.29 Å². The molecule has 0 radical (unpaired) electrons. The quantitative estimate of drug-likeness (QED) is 0.735. The minimum atomic E-state index is -0.390. The van der Waals surface area contributed by atoms with E-state index in [9.17, 15) is 9.90 Å². The van der Waals surface area contributed by atoms with E-state index in [4.69, 9.17) is 4.74 Å². The van der Waals surface area contributed by atoms with Gasteiger partial charge in [0.2, 0.25) is 0 Å². The Morgan fingerprint density at radius 1 is 1.36 bits per heavy atom. The molecule has 0 heterocycles. The first-order valence-corrected chi connectivity index (χ1v) is 4.39. The monoisotopic (exact) mass is 194 g/mol. The van der Waals surface area contributed by atoms with E-state index in [1.165, 1.54) is 18.2 Å². The Morgan fingerprint density at radius 3 is 2.50 bits per heavy atom. The van der Waals surface area contributed by atoms with Gasteiger partial charge in [-0.2, -0.15) is 0 Å². The summed E-state index contributed by atoms with van der Waals surface area (Å²) in [5.74, 6) is 0.382. The molecule has 0 aliphatic heterocycles. The summed E-state index contributed by atoms with van der Waals surface area (Å²) in [6.45, 7) is 5.63. The summed E-state index contributed by atoms with van der Waals surface area (Å²) in [7, 11) is 0. The second-order valence-electron chi connectivity index (χ2n) is 4.06. The fourth-order valence-electron chi connectivity index (χ4n) is 1.02. The van der Waals surface area contributed by atoms with E-state index in [-0.39, 0.29) is 11.4 Å². The number of benzene rings is 1. The first-order valence-electron chi connectivity index (χ1n) is 4.39. The second kappa shape index (κ2) is 3.70. The Labute approximate surface area is 83.3 Å². The Kier molecular flexibility index (Phi) is 2.79. The van der Waals surface area contributed by atoms with Gasteiger partial charge in [-0.15, -0.1) is 0 Å². The first-order chi connectivity index (χ1) is 6.42. The highest BCUT2D eigenvalue weighted by Crippen LogP contribution is 2.29. The number of aromatic hydroxyl groups is 1. The summed E-state index contributed by atoms with van der Waals surface area (Å²) in [5, 5.41) is 9.45. The van der Waals surface area contributed by atoms with Crippen LogP contribution in [-0.4, -0.2) is 17.0 Å². The molecule has 1 rings (SSSR count). The van der Waals surface area contributed by atoms with Crippen LogP contribution in [0.2, 0.25) is 0 Å². The van der Waals surface area contributed by atoms with E-state index >= 15 is 0 Å². The maximum Gasteiger partial charge on any atom is 0.162 e. The van der Waals surface area contributed by atoms with Gasteiger partial charge in [-0.3, -0.25) is 4.79 Å². The third-order valence-electron chi connectivity index (χ3n) is 1.54. The van der Waals surface area contributed by atoms with E-state index < -0.39 is 0 Å². The van der Waals surface area contributed by atoms with Crippen molar-refractivity contribution in [3.05, 3.63) is 23.8 Å². The van der Waals surface area contributed by atoms with Crippen LogP contribution in [0.5, 0.6) is 11.5 Å². The summed E-state index contributed by atoms with van der Waals surface area (Å²) in [5.41, 5.74) is 0.0981. The van der Waals surface area contributed by atoms with Crippen molar-refractivity contribution in [1.29, 1.82) is 0 Å². The Hall–Kier alpha value is -1.51. The van der Waals surface area contributed by atoms with Gasteiger partial charge in [0.25, 0.3) is 0 Å². The lowest BCUT2D eigenvalue weighted by Gasteiger charge is -2.21. The van der Waals surface area contributed by atoms with E-state index in [1.807, 2.05) is 20.8 Å². The fraction of sp³-hybridized carbons (Fsp3) is 0.364. The van der Waals surface area contributed by atoms with Gasteiger partial charge in [0.1, 0.15) is 11.9 Å². The van der Waals surface area contributed by atoms with Crippen LogP contribution in [0.1, 0.15) is 31.1 Å². The molecule has 76 valence electrons. The second-order valence-corrected chi connectivity index (χ2v) is 4.06. The molecule has 3 heteroatoms. The number of carbonyl (C=O) groups is 1. The van der Waals surface area contributed by atoms with Crippen molar-refractivity contribution in [2.24, 2.45) is 0 Å². The molecule has 0 amide bonds. The van der Waals surface area contributed by atoms with Gasteiger partial charge < -0.3 is 9.84 Å². The molecular formula is C11H14O3. The molecule has 1 aromatic carbocycles. The molecule has 0 unspecified atom stereocenters. The van der Waals surface area contributed by atoms with Crippen LogP contribution in [0.15, 0.2) is 18.2 Å². The maximum atomic E-state index is 10.5. The Morgan fingerprint density at radius 2 is 2.00 bits per heavy atom. The fourth-order valence-corrected chi connectivity index (χ4v) is 1.02. The summed E-state index contributed by atoms with van der Waals surface area (Å²) < 4.78 is 5.47. The van der Waals surface area contributed by atoms with Gasteiger partial charge >= 0.3 is 0 Å². The van der Waals surface area contributed by atoms with Crippen LogP contribution in [0.4, 0.5) is 0 Å². The first kappa shape index (κ1) is 10.6. The topological polar surface area (TPSA) is 46.5 Å². The lowest BCUT2D eigenvalue weighted by atomic mass is 10.1. The van der Waals surface area contributed by atoms with Crippen molar-refractivity contribution in [2.45, 2.75) is 26.4 Å². The number of hydrogen-bond acceptors (Lipinski definition) is 3. The number of phenols is 1. The smallest absolute Gasteiger partial charge is 0.162 e. The van der Waals surface area contributed by atoms with Gasteiger partial charge in [-0.05, 0) is 39.0 Å². The van der Waals surface area contributed by atoms with Crippen molar-refractivity contribution in [2.75, 3.05) is 0 Å². The molecule has 0 saturated heterocycles. The van der Waals surface area contributed by atoms with E-state index in [0.29, 0.717) is 11.3 Å². The summed E-state index contributed by atoms with van der Waals surface area (Å²) in [4.78, 5) is 10.5. The maximum absolute atomic E-state index is 10.5. The highest BCUT2D eigenvalue weighted by Gasteiger charge is 2.14. The number of ether oxygens (including phenoxy) is 1. The third kappa shape index (κ3) is 2.76. The van der Waals surface area contributed by atoms with E-state index in [0.717, 1.165) is 6.29 Å². The van der Waals surface area contributed by atoms with Crippen molar-refractivity contribution < 1.29 is 14.6 Å². The zero-order valence-corrected chi connectivity index (χ0v) is 8.57. The SMILES string of the molecule is CC(C)(C)Oc1cc(C=O)ccc1O. The van der Waals surface area contributed by atoms with Gasteiger partial charge in [-0.1, -0.05) is 0 Å². The normalized spacial score (nSPS) is 11.1. The largest absolute Gasteiger partial charge is 0.504 e. The summed E-state index contributed by atoms with van der Waals surface area (Å²) in [6, 6.07) is 4.51. The molecule has 14 heavy (non-hydrogen) atoms. The Balaban J connectivity index is 3.01. The molecule has 0 fully saturated rings. The lowest BCUT2D eigenvalue weighted by Crippen LogP contribution is -2.23. The van der Waals surface area contributed by atoms with Crippen molar-refractivity contribution in [3.8, 4) is 11.5 Å². The molecule has 3 nitrogen and oxygen atoms in total. The van der Waals surface area contributed by atoms with Gasteiger partial charge in [0, 0.05) is 5.56 Å². The Bertz CT molecular complexity index is 337. The van der Waals surface area contributed by atoms with Gasteiger partial charge in [0.05, 0.1) is 0 Å². The number of carbonyl (C=O) groups excluding carboxylic acids is 1. The molecule has 0 saturated carbocycles. The van der Waals surface area contributed by atoms with Crippen LogP contribution in [0.3, 0.4) is 0 Å². The predicted molar refractivity (Wildman–Crippen MR) is 53.9 cm³/mol. The highest BCUT2D eigenvalue weighted by atomic mass is 16.5. The minimum Gasteiger partial charge on any atom is -0.504 e. The average Bonchev–Trinajstić information content (AvgIpc) is 2.06. The van der Waals surface area contributed by atoms with E-state index in [1.54, 1.807) is 0 Å². The highest BCUT2D eigenvalue weighted by molar-refractivity contribution is 5.76. The summed E-state index contributed by atoms with van der Waals surface area (Å²) >= 11 is 0. The van der Waals surface area contributed by atoms with Crippen molar-refractivity contribution in [3.63, 3.8) is 0 Å². The van der Waals surface area contributed by atoms with Gasteiger partial charge in [-0.25, -0.2) is 0 Å². The number of rotatable bonds is 2. The molecule has 0 atom stereocenters. The zero-order chi connectivity index (χ0) is 10.8. The standard InChI is InChI=1S/C11H14O3/c1-11(2,3)14-10-6-8(7-12)4-5-9(10)13/h4-7,13H,1-3H3. The molecular weight excluding hydrogens is 180 g/mol. The number of phenolic OH excluding ortho intramolecular Hbond substituents is 1. The van der Waals surface area contributed by atoms with Gasteiger partial charge in [0.15, 0.2) is 11.5 Å². The van der Waals surface area contributed by atoms with E-state index in [2.05, 4.69) is 0 Å². The predicted octanol–water partition coefficient (Wildman–Crippen LogP) is 2.38. The number of aldehydes is 1. The number of hydrogen-bond donors (Lipinski definition) is 1. The molecule has 0 aliphatic carbocycles.